The van der Waals surface area contributed by atoms with Crippen LogP contribution in [0.4, 0.5) is 0 Å². The van der Waals surface area contributed by atoms with Crippen LogP contribution in [0.15, 0.2) is 0 Å². The Balaban J connectivity index is 2.44. The normalized spacial score (nSPS) is 27.1. The molecule has 1 aliphatic heterocycles. The fourth-order valence-electron chi connectivity index (χ4n) is 1.39. The van der Waals surface area contributed by atoms with Crippen LogP contribution in [-0.4, -0.2) is 37.1 Å². The van der Waals surface area contributed by atoms with E-state index in [1.165, 1.54) is 0 Å². The second-order valence-corrected chi connectivity index (χ2v) is 6.38. The summed E-state index contributed by atoms with van der Waals surface area (Å²) < 4.78 is 22.2. The minimum absolute atomic E-state index is 0.0724. The Morgan fingerprint density at radius 2 is 2.29 bits per heavy atom. The van der Waals surface area contributed by atoms with E-state index in [1.54, 1.807) is 0 Å². The van der Waals surface area contributed by atoms with E-state index in [0.29, 0.717) is 12.8 Å². The van der Waals surface area contributed by atoms with E-state index in [-0.39, 0.29) is 28.7 Å². The molecule has 2 atom stereocenters. The van der Waals surface area contributed by atoms with Gasteiger partial charge in [0.1, 0.15) is 0 Å². The monoisotopic (exact) mass is 237 g/mol. The van der Waals surface area contributed by atoms with Crippen molar-refractivity contribution in [1.29, 1.82) is 0 Å². The summed E-state index contributed by atoms with van der Waals surface area (Å²) in [6, 6.07) is -0.214. The molecule has 0 aromatic carbocycles. The second kappa shape index (κ2) is 4.53. The number of nitrogens with one attached hydrogen (secondary N) is 1. The summed E-state index contributed by atoms with van der Waals surface area (Å²) in [5.74, 6) is 0.0856. The molecule has 1 heterocycles. The third-order valence-corrected chi connectivity index (χ3v) is 4.64. The summed E-state index contributed by atoms with van der Waals surface area (Å²) in [5.41, 5.74) is 0. The highest BCUT2D eigenvalue weighted by molar-refractivity contribution is 7.91. The van der Waals surface area contributed by atoms with Crippen molar-refractivity contribution in [3.63, 3.8) is 0 Å². The summed E-state index contributed by atoms with van der Waals surface area (Å²) in [7, 11) is -2.91. The minimum atomic E-state index is -2.91. The zero-order chi connectivity index (χ0) is 10.8. The van der Waals surface area contributed by atoms with Crippen molar-refractivity contribution < 1.29 is 13.2 Å². The molecule has 1 fully saturated rings. The number of carbonyl (C=O) groups excluding carboxylic acids is 1. The number of sulfone groups is 1. The standard InChI is InChI=1S/C8H15NO3S2/c1-2-7(13)8(10)9-6-3-4-14(11,12)5-6/h6-7,13H,2-5H2,1H3,(H,9,10). The Morgan fingerprint density at radius 1 is 1.64 bits per heavy atom. The predicted octanol–water partition coefficient (Wildman–Crippen LogP) is -0.00190. The maximum Gasteiger partial charge on any atom is 0.233 e. The molecule has 4 nitrogen and oxygen atoms in total. The Bertz CT molecular complexity index is 313. The number of hydrogen-bond donors (Lipinski definition) is 2. The van der Waals surface area contributed by atoms with Gasteiger partial charge in [0.25, 0.3) is 0 Å². The van der Waals surface area contributed by atoms with Crippen molar-refractivity contribution in [2.24, 2.45) is 0 Å². The molecule has 1 saturated heterocycles. The molecule has 0 radical (unpaired) electrons. The largest absolute Gasteiger partial charge is 0.351 e. The van der Waals surface area contributed by atoms with Crippen LogP contribution in [0.1, 0.15) is 19.8 Å². The number of hydrogen-bond acceptors (Lipinski definition) is 4. The number of rotatable bonds is 3. The smallest absolute Gasteiger partial charge is 0.233 e. The lowest BCUT2D eigenvalue weighted by atomic mass is 10.2. The van der Waals surface area contributed by atoms with E-state index >= 15 is 0 Å². The Hall–Kier alpha value is -0.230. The minimum Gasteiger partial charge on any atom is -0.351 e. The fraction of sp³-hybridized carbons (Fsp3) is 0.875. The van der Waals surface area contributed by atoms with E-state index in [2.05, 4.69) is 17.9 Å². The van der Waals surface area contributed by atoms with Crippen molar-refractivity contribution in [1.82, 2.24) is 5.32 Å². The van der Waals surface area contributed by atoms with Crippen LogP contribution in [0.25, 0.3) is 0 Å². The highest BCUT2D eigenvalue weighted by Crippen LogP contribution is 2.12. The molecule has 1 aliphatic rings. The number of thiol groups is 1. The number of carbonyl (C=O) groups is 1. The van der Waals surface area contributed by atoms with Crippen LogP contribution < -0.4 is 5.32 Å². The van der Waals surface area contributed by atoms with Crippen LogP contribution >= 0.6 is 12.6 Å². The Kier molecular flexibility index (Phi) is 3.83. The molecule has 0 saturated carbocycles. The van der Waals surface area contributed by atoms with Gasteiger partial charge in [-0.15, -0.1) is 0 Å². The van der Waals surface area contributed by atoms with Gasteiger partial charge in [-0.3, -0.25) is 4.79 Å². The van der Waals surface area contributed by atoms with Crippen molar-refractivity contribution in [3.05, 3.63) is 0 Å². The second-order valence-electron chi connectivity index (χ2n) is 3.53. The Morgan fingerprint density at radius 3 is 2.71 bits per heavy atom. The lowest BCUT2D eigenvalue weighted by Crippen LogP contribution is -2.40. The van der Waals surface area contributed by atoms with Crippen molar-refractivity contribution in [2.75, 3.05) is 11.5 Å². The summed E-state index contributed by atoms with van der Waals surface area (Å²) in [6.45, 7) is 1.86. The summed E-state index contributed by atoms with van der Waals surface area (Å²) >= 11 is 4.08. The van der Waals surface area contributed by atoms with Crippen LogP contribution in [0.3, 0.4) is 0 Å². The fourth-order valence-corrected chi connectivity index (χ4v) is 3.14. The molecular weight excluding hydrogens is 222 g/mol. The molecule has 14 heavy (non-hydrogen) atoms. The maximum atomic E-state index is 11.4. The first kappa shape index (κ1) is 11.8. The molecular formula is C8H15NO3S2. The molecule has 1 rings (SSSR count). The zero-order valence-electron chi connectivity index (χ0n) is 8.06. The van der Waals surface area contributed by atoms with Crippen LogP contribution in [0.2, 0.25) is 0 Å². The highest BCUT2D eigenvalue weighted by atomic mass is 32.2. The lowest BCUT2D eigenvalue weighted by molar-refractivity contribution is -0.121. The quantitative estimate of drug-likeness (QED) is 0.679. The Labute approximate surface area is 89.8 Å². The molecule has 82 valence electrons. The van der Waals surface area contributed by atoms with Gasteiger partial charge >= 0.3 is 0 Å². The van der Waals surface area contributed by atoms with Crippen LogP contribution in [0.5, 0.6) is 0 Å². The summed E-state index contributed by atoms with van der Waals surface area (Å²) in [5, 5.41) is 2.36. The van der Waals surface area contributed by atoms with E-state index in [9.17, 15) is 13.2 Å². The topological polar surface area (TPSA) is 63.2 Å². The van der Waals surface area contributed by atoms with Gasteiger partial charge in [0.15, 0.2) is 9.84 Å². The van der Waals surface area contributed by atoms with E-state index < -0.39 is 9.84 Å². The van der Waals surface area contributed by atoms with Gasteiger partial charge in [0, 0.05) is 6.04 Å². The zero-order valence-corrected chi connectivity index (χ0v) is 9.77. The SMILES string of the molecule is CCC(S)C(=O)NC1CCS(=O)(=O)C1. The molecule has 2 unspecified atom stereocenters. The highest BCUT2D eigenvalue weighted by Gasteiger charge is 2.29. The third-order valence-electron chi connectivity index (χ3n) is 2.27. The van der Waals surface area contributed by atoms with E-state index in [4.69, 9.17) is 0 Å². The van der Waals surface area contributed by atoms with Gasteiger partial charge in [0.05, 0.1) is 16.8 Å². The molecule has 0 spiro atoms. The molecule has 0 aromatic rings. The third kappa shape index (κ3) is 3.16. The van der Waals surface area contributed by atoms with Crippen molar-refractivity contribution >= 4 is 28.4 Å². The predicted molar refractivity (Wildman–Crippen MR) is 58.3 cm³/mol. The van der Waals surface area contributed by atoms with Crippen LogP contribution in [-0.2, 0) is 14.6 Å². The van der Waals surface area contributed by atoms with Gasteiger partial charge in [-0.25, -0.2) is 8.42 Å². The molecule has 6 heteroatoms. The summed E-state index contributed by atoms with van der Waals surface area (Å²) in [6.07, 6.45) is 1.17. The van der Waals surface area contributed by atoms with E-state index in [1.807, 2.05) is 6.92 Å². The lowest BCUT2D eigenvalue weighted by Gasteiger charge is -2.13. The summed E-state index contributed by atoms with van der Waals surface area (Å²) in [4.78, 5) is 11.4. The molecule has 0 aromatic heterocycles. The van der Waals surface area contributed by atoms with Crippen LogP contribution in [0, 0.1) is 0 Å². The van der Waals surface area contributed by atoms with E-state index in [0.717, 1.165) is 0 Å². The molecule has 0 aliphatic carbocycles. The average Bonchev–Trinajstić information content (AvgIpc) is 2.44. The van der Waals surface area contributed by atoms with Gasteiger partial charge in [-0.2, -0.15) is 12.6 Å². The average molecular weight is 237 g/mol. The first-order valence-electron chi connectivity index (χ1n) is 4.63. The molecule has 1 amide bonds. The van der Waals surface area contributed by atoms with Gasteiger partial charge < -0.3 is 5.32 Å². The van der Waals surface area contributed by atoms with Gasteiger partial charge in [-0.1, -0.05) is 6.92 Å². The number of amides is 1. The van der Waals surface area contributed by atoms with Crippen molar-refractivity contribution in [2.45, 2.75) is 31.1 Å². The first-order valence-corrected chi connectivity index (χ1v) is 6.97. The molecule has 1 N–H and O–H groups in total. The first-order chi connectivity index (χ1) is 6.44. The van der Waals surface area contributed by atoms with Gasteiger partial charge in [0.2, 0.25) is 5.91 Å². The van der Waals surface area contributed by atoms with Gasteiger partial charge in [-0.05, 0) is 12.8 Å². The van der Waals surface area contributed by atoms with Crippen molar-refractivity contribution in [3.8, 4) is 0 Å². The maximum absolute atomic E-state index is 11.4. The molecule has 0 bridgehead atoms.